The van der Waals surface area contributed by atoms with E-state index in [0.717, 1.165) is 19.4 Å². The first kappa shape index (κ1) is 13.4. The van der Waals surface area contributed by atoms with E-state index in [2.05, 4.69) is 0 Å². The molecular weight excluding hydrogens is 246 g/mol. The second-order valence-corrected chi connectivity index (χ2v) is 4.75. The maximum absolute atomic E-state index is 12.4. The van der Waals surface area contributed by atoms with Gasteiger partial charge < -0.3 is 14.7 Å². The Labute approximate surface area is 111 Å². The molecule has 0 saturated carbocycles. The SMILES string of the molecule is COc1cc(C(=O)O)cc(C(=O)N2CCC[C@@H]2C)c1. The summed E-state index contributed by atoms with van der Waals surface area (Å²) >= 11 is 0. The topological polar surface area (TPSA) is 66.8 Å². The first-order valence-electron chi connectivity index (χ1n) is 6.26. The molecule has 0 unspecified atom stereocenters. The number of rotatable bonds is 3. The molecule has 1 heterocycles. The van der Waals surface area contributed by atoms with Crippen LogP contribution in [0.1, 0.15) is 40.5 Å². The lowest BCUT2D eigenvalue weighted by atomic mass is 10.1. The molecule has 0 aliphatic carbocycles. The lowest BCUT2D eigenvalue weighted by Gasteiger charge is -2.21. The van der Waals surface area contributed by atoms with Crippen LogP contribution in [0.5, 0.6) is 5.75 Å². The van der Waals surface area contributed by atoms with Gasteiger partial charge in [-0.15, -0.1) is 0 Å². The molecule has 5 nitrogen and oxygen atoms in total. The number of likely N-dealkylation sites (tertiary alicyclic amines) is 1. The molecule has 1 aliphatic rings. The number of hydrogen-bond donors (Lipinski definition) is 1. The van der Waals surface area contributed by atoms with E-state index < -0.39 is 5.97 Å². The van der Waals surface area contributed by atoms with Crippen LogP contribution in [0.25, 0.3) is 0 Å². The smallest absolute Gasteiger partial charge is 0.335 e. The molecule has 102 valence electrons. The van der Waals surface area contributed by atoms with Crippen LogP contribution < -0.4 is 4.74 Å². The predicted molar refractivity (Wildman–Crippen MR) is 69.7 cm³/mol. The van der Waals surface area contributed by atoms with Crippen LogP contribution in [-0.4, -0.2) is 41.6 Å². The number of carboxylic acid groups (broad SMARTS) is 1. The number of benzene rings is 1. The van der Waals surface area contributed by atoms with Crippen molar-refractivity contribution in [3.05, 3.63) is 29.3 Å². The molecule has 1 saturated heterocycles. The molecule has 1 fully saturated rings. The Kier molecular flexibility index (Phi) is 3.74. The van der Waals surface area contributed by atoms with Crippen LogP contribution in [0.2, 0.25) is 0 Å². The van der Waals surface area contributed by atoms with Crippen molar-refractivity contribution in [1.29, 1.82) is 0 Å². The monoisotopic (exact) mass is 263 g/mol. The van der Waals surface area contributed by atoms with Crippen molar-refractivity contribution >= 4 is 11.9 Å². The molecule has 5 heteroatoms. The fourth-order valence-corrected chi connectivity index (χ4v) is 2.36. The summed E-state index contributed by atoms with van der Waals surface area (Å²) in [5.74, 6) is -0.816. The van der Waals surface area contributed by atoms with Crippen LogP contribution in [0.4, 0.5) is 0 Å². The Morgan fingerprint density at radius 1 is 1.32 bits per heavy atom. The lowest BCUT2D eigenvalue weighted by molar-refractivity contribution is 0.0696. The van der Waals surface area contributed by atoms with Gasteiger partial charge in [0.1, 0.15) is 5.75 Å². The van der Waals surface area contributed by atoms with Gasteiger partial charge >= 0.3 is 5.97 Å². The highest BCUT2D eigenvalue weighted by molar-refractivity contribution is 5.98. The van der Waals surface area contributed by atoms with Crippen LogP contribution in [-0.2, 0) is 0 Å². The van der Waals surface area contributed by atoms with Gasteiger partial charge in [-0.25, -0.2) is 4.79 Å². The van der Waals surface area contributed by atoms with Crippen LogP contribution in [0.3, 0.4) is 0 Å². The highest BCUT2D eigenvalue weighted by atomic mass is 16.5. The molecule has 1 N–H and O–H groups in total. The van der Waals surface area contributed by atoms with Gasteiger partial charge in [-0.3, -0.25) is 4.79 Å². The summed E-state index contributed by atoms with van der Waals surface area (Å²) in [4.78, 5) is 25.2. The average molecular weight is 263 g/mol. The fourth-order valence-electron chi connectivity index (χ4n) is 2.36. The van der Waals surface area contributed by atoms with Crippen LogP contribution in [0, 0.1) is 0 Å². The summed E-state index contributed by atoms with van der Waals surface area (Å²) < 4.78 is 5.05. The van der Waals surface area contributed by atoms with Crippen molar-refractivity contribution in [3.8, 4) is 5.75 Å². The molecule has 1 aliphatic heterocycles. The number of ether oxygens (including phenoxy) is 1. The van der Waals surface area contributed by atoms with E-state index in [9.17, 15) is 9.59 Å². The molecule has 1 atom stereocenters. The van der Waals surface area contributed by atoms with E-state index >= 15 is 0 Å². The Balaban J connectivity index is 2.35. The molecule has 0 bridgehead atoms. The quantitative estimate of drug-likeness (QED) is 0.906. The van der Waals surface area contributed by atoms with Crippen molar-refractivity contribution in [2.45, 2.75) is 25.8 Å². The molecule has 0 spiro atoms. The van der Waals surface area contributed by atoms with Crippen LogP contribution in [0.15, 0.2) is 18.2 Å². The summed E-state index contributed by atoms with van der Waals surface area (Å²) in [7, 11) is 1.45. The van der Waals surface area contributed by atoms with Gasteiger partial charge in [-0.1, -0.05) is 0 Å². The van der Waals surface area contributed by atoms with Gasteiger partial charge in [0, 0.05) is 18.2 Å². The number of aromatic carboxylic acids is 1. The zero-order valence-electron chi connectivity index (χ0n) is 11.0. The maximum Gasteiger partial charge on any atom is 0.335 e. The zero-order chi connectivity index (χ0) is 14.0. The highest BCUT2D eigenvalue weighted by Gasteiger charge is 2.26. The van der Waals surface area contributed by atoms with E-state index in [0.29, 0.717) is 11.3 Å². The van der Waals surface area contributed by atoms with E-state index in [-0.39, 0.29) is 17.5 Å². The minimum atomic E-state index is -1.07. The summed E-state index contributed by atoms with van der Waals surface area (Å²) in [5, 5.41) is 9.05. The maximum atomic E-state index is 12.4. The van der Waals surface area contributed by atoms with Crippen molar-refractivity contribution in [1.82, 2.24) is 4.90 Å². The van der Waals surface area contributed by atoms with Gasteiger partial charge in [0.25, 0.3) is 5.91 Å². The van der Waals surface area contributed by atoms with E-state index in [1.165, 1.54) is 19.2 Å². The van der Waals surface area contributed by atoms with Crippen molar-refractivity contribution in [3.63, 3.8) is 0 Å². The summed E-state index contributed by atoms with van der Waals surface area (Å²) in [6.07, 6.45) is 1.98. The van der Waals surface area contributed by atoms with E-state index in [1.54, 1.807) is 11.0 Å². The number of methoxy groups -OCH3 is 1. The van der Waals surface area contributed by atoms with E-state index in [4.69, 9.17) is 9.84 Å². The minimum Gasteiger partial charge on any atom is -0.497 e. The molecule has 0 aromatic heterocycles. The molecule has 2 rings (SSSR count). The minimum absolute atomic E-state index is 0.0644. The first-order valence-corrected chi connectivity index (χ1v) is 6.26. The normalized spacial score (nSPS) is 18.4. The number of carbonyl (C=O) groups is 2. The number of carbonyl (C=O) groups excluding carboxylic acids is 1. The van der Waals surface area contributed by atoms with Gasteiger partial charge in [0.2, 0.25) is 0 Å². The second kappa shape index (κ2) is 5.30. The average Bonchev–Trinajstić information content (AvgIpc) is 2.83. The Hall–Kier alpha value is -2.04. The summed E-state index contributed by atoms with van der Waals surface area (Å²) in [5.41, 5.74) is 0.431. The van der Waals surface area contributed by atoms with Gasteiger partial charge in [-0.05, 0) is 38.0 Å². The molecular formula is C14H17NO4. The predicted octanol–water partition coefficient (Wildman–Crippen LogP) is 2.02. The highest BCUT2D eigenvalue weighted by Crippen LogP contribution is 2.23. The summed E-state index contributed by atoms with van der Waals surface area (Å²) in [6, 6.07) is 4.59. The molecule has 1 aromatic rings. The van der Waals surface area contributed by atoms with Gasteiger partial charge in [0.15, 0.2) is 0 Å². The Morgan fingerprint density at radius 2 is 2.00 bits per heavy atom. The Bertz CT molecular complexity index is 512. The molecule has 19 heavy (non-hydrogen) atoms. The third-order valence-electron chi connectivity index (χ3n) is 3.45. The number of carboxylic acids is 1. The third-order valence-corrected chi connectivity index (χ3v) is 3.45. The largest absolute Gasteiger partial charge is 0.497 e. The number of hydrogen-bond acceptors (Lipinski definition) is 3. The number of amides is 1. The van der Waals surface area contributed by atoms with Crippen molar-refractivity contribution in [2.75, 3.05) is 13.7 Å². The molecule has 1 amide bonds. The van der Waals surface area contributed by atoms with Gasteiger partial charge in [-0.2, -0.15) is 0 Å². The second-order valence-electron chi connectivity index (χ2n) is 4.75. The zero-order valence-corrected chi connectivity index (χ0v) is 11.0. The lowest BCUT2D eigenvalue weighted by Crippen LogP contribution is -2.33. The van der Waals surface area contributed by atoms with Crippen LogP contribution >= 0.6 is 0 Å². The third kappa shape index (κ3) is 2.70. The van der Waals surface area contributed by atoms with E-state index in [1.807, 2.05) is 6.92 Å². The fraction of sp³-hybridized carbons (Fsp3) is 0.429. The van der Waals surface area contributed by atoms with Gasteiger partial charge in [0.05, 0.1) is 12.7 Å². The number of nitrogens with zero attached hydrogens (tertiary/aromatic N) is 1. The molecule has 0 radical (unpaired) electrons. The van der Waals surface area contributed by atoms with Crippen molar-refractivity contribution in [2.24, 2.45) is 0 Å². The first-order chi connectivity index (χ1) is 9.02. The standard InChI is InChI=1S/C14H17NO4/c1-9-4-3-5-15(9)13(16)10-6-11(14(17)18)8-12(7-10)19-2/h6-9H,3-5H2,1-2H3,(H,17,18)/t9-/m0/s1. The van der Waals surface area contributed by atoms with Crippen molar-refractivity contribution < 1.29 is 19.4 Å². The molecule has 1 aromatic carbocycles. The Morgan fingerprint density at radius 3 is 2.53 bits per heavy atom. The summed E-state index contributed by atoms with van der Waals surface area (Å²) in [6.45, 7) is 2.72.